The van der Waals surface area contributed by atoms with Crippen LogP contribution in [-0.4, -0.2) is 42.7 Å². The van der Waals surface area contributed by atoms with E-state index in [9.17, 15) is 0 Å². The van der Waals surface area contributed by atoms with Gasteiger partial charge in [-0.2, -0.15) is 0 Å². The van der Waals surface area contributed by atoms with E-state index < -0.39 is 0 Å². The number of benzene rings is 2. The summed E-state index contributed by atoms with van der Waals surface area (Å²) in [5.41, 5.74) is 3.03. The second kappa shape index (κ2) is 8.56. The number of hydrogen-bond acceptors (Lipinski definition) is 6. The van der Waals surface area contributed by atoms with E-state index in [-0.39, 0.29) is 0 Å². The minimum atomic E-state index is 0.565. The largest absolute Gasteiger partial charge is 0.493 e. The molecule has 0 saturated heterocycles. The maximum Gasteiger partial charge on any atom is 0.203 e. The fourth-order valence-corrected chi connectivity index (χ4v) is 3.00. The average molecular weight is 362 g/mol. The van der Waals surface area contributed by atoms with Crippen LogP contribution >= 0.6 is 0 Å². The molecule has 0 fully saturated rings. The van der Waals surface area contributed by atoms with E-state index in [4.69, 9.17) is 28.4 Å². The molecule has 0 radical (unpaired) electrons. The van der Waals surface area contributed by atoms with Gasteiger partial charge in [-0.1, -0.05) is 0 Å². The van der Waals surface area contributed by atoms with E-state index in [2.05, 4.69) is 0 Å². The Balaban J connectivity index is 2.58. The lowest BCUT2D eigenvalue weighted by molar-refractivity contribution is 0.321. The SMILES string of the molecule is COc1cc(Cc2c(C)cc(OC)c(OC)c2OC)cc(OC)c1OC. The summed E-state index contributed by atoms with van der Waals surface area (Å²) in [5.74, 6) is 3.64. The van der Waals surface area contributed by atoms with Gasteiger partial charge in [0.2, 0.25) is 11.5 Å². The smallest absolute Gasteiger partial charge is 0.203 e. The monoisotopic (exact) mass is 362 g/mol. The molecule has 0 aromatic heterocycles. The molecule has 0 unspecified atom stereocenters. The van der Waals surface area contributed by atoms with Gasteiger partial charge in [0.1, 0.15) is 0 Å². The molecule has 2 aromatic carbocycles. The molecule has 26 heavy (non-hydrogen) atoms. The molecule has 2 aromatic rings. The van der Waals surface area contributed by atoms with Gasteiger partial charge in [-0.05, 0) is 36.2 Å². The van der Waals surface area contributed by atoms with Crippen LogP contribution in [0.5, 0.6) is 34.5 Å². The Labute approximate surface area is 154 Å². The molecule has 6 nitrogen and oxygen atoms in total. The van der Waals surface area contributed by atoms with Gasteiger partial charge < -0.3 is 28.4 Å². The molecular weight excluding hydrogens is 336 g/mol. The van der Waals surface area contributed by atoms with Gasteiger partial charge in [0.15, 0.2) is 23.0 Å². The van der Waals surface area contributed by atoms with Gasteiger partial charge in [-0.3, -0.25) is 0 Å². The summed E-state index contributed by atoms with van der Waals surface area (Å²) in [7, 11) is 9.61. The standard InChI is InChI=1S/C20H26O6/c1-12-8-15(21-2)20(26-7)18(24-5)14(12)9-13-10-16(22-3)19(25-6)17(11-13)23-4/h8,10-11H,9H2,1-7H3. The van der Waals surface area contributed by atoms with Gasteiger partial charge in [0, 0.05) is 12.0 Å². The third-order valence-electron chi connectivity index (χ3n) is 4.26. The fourth-order valence-electron chi connectivity index (χ4n) is 3.00. The van der Waals surface area contributed by atoms with Crippen molar-refractivity contribution in [3.8, 4) is 34.5 Å². The summed E-state index contributed by atoms with van der Waals surface area (Å²) in [6, 6.07) is 5.79. The van der Waals surface area contributed by atoms with Crippen molar-refractivity contribution >= 4 is 0 Å². The van der Waals surface area contributed by atoms with Crippen LogP contribution in [0.2, 0.25) is 0 Å². The summed E-state index contributed by atoms with van der Waals surface area (Å²) in [4.78, 5) is 0. The lowest BCUT2D eigenvalue weighted by atomic mass is 9.97. The van der Waals surface area contributed by atoms with Crippen LogP contribution in [0, 0.1) is 6.92 Å². The number of hydrogen-bond donors (Lipinski definition) is 0. The zero-order valence-electron chi connectivity index (χ0n) is 16.4. The Morgan fingerprint density at radius 1 is 0.577 bits per heavy atom. The second-order valence-electron chi connectivity index (χ2n) is 5.65. The van der Waals surface area contributed by atoms with Crippen molar-refractivity contribution in [2.75, 3.05) is 42.7 Å². The summed E-state index contributed by atoms with van der Waals surface area (Å²) in [6.07, 6.45) is 0.603. The van der Waals surface area contributed by atoms with Crippen molar-refractivity contribution in [3.63, 3.8) is 0 Å². The van der Waals surface area contributed by atoms with Crippen molar-refractivity contribution in [2.24, 2.45) is 0 Å². The Kier molecular flexibility index (Phi) is 6.44. The molecule has 0 aliphatic carbocycles. The maximum atomic E-state index is 5.63. The molecule has 0 aliphatic rings. The highest BCUT2D eigenvalue weighted by Gasteiger charge is 2.20. The third-order valence-corrected chi connectivity index (χ3v) is 4.26. The molecule has 142 valence electrons. The van der Waals surface area contributed by atoms with Crippen molar-refractivity contribution < 1.29 is 28.4 Å². The Morgan fingerprint density at radius 2 is 1.04 bits per heavy atom. The van der Waals surface area contributed by atoms with E-state index in [1.165, 1.54) is 0 Å². The third kappa shape index (κ3) is 3.59. The van der Waals surface area contributed by atoms with Gasteiger partial charge in [-0.15, -0.1) is 0 Å². The molecular formula is C20H26O6. The molecule has 0 N–H and O–H groups in total. The van der Waals surface area contributed by atoms with E-state index >= 15 is 0 Å². The summed E-state index contributed by atoms with van der Waals surface area (Å²) < 4.78 is 32.8. The number of rotatable bonds is 8. The number of aryl methyl sites for hydroxylation is 1. The minimum Gasteiger partial charge on any atom is -0.493 e. The quantitative estimate of drug-likeness (QED) is 0.715. The Bertz CT molecular complexity index is 744. The van der Waals surface area contributed by atoms with Crippen LogP contribution in [0.1, 0.15) is 16.7 Å². The van der Waals surface area contributed by atoms with Crippen LogP contribution in [0.15, 0.2) is 18.2 Å². The highest BCUT2D eigenvalue weighted by Crippen LogP contribution is 2.44. The Hall–Kier alpha value is -2.76. The summed E-state index contributed by atoms with van der Waals surface area (Å²) >= 11 is 0. The van der Waals surface area contributed by atoms with Crippen LogP contribution in [-0.2, 0) is 6.42 Å². The van der Waals surface area contributed by atoms with E-state index in [0.29, 0.717) is 40.9 Å². The fraction of sp³-hybridized carbons (Fsp3) is 0.400. The summed E-state index contributed by atoms with van der Waals surface area (Å²) in [5, 5.41) is 0. The first kappa shape index (κ1) is 19.6. The molecule has 0 heterocycles. The highest BCUT2D eigenvalue weighted by molar-refractivity contribution is 5.61. The van der Waals surface area contributed by atoms with E-state index in [1.807, 2.05) is 25.1 Å². The minimum absolute atomic E-state index is 0.565. The van der Waals surface area contributed by atoms with Crippen LogP contribution in [0.3, 0.4) is 0 Å². The zero-order valence-corrected chi connectivity index (χ0v) is 16.4. The molecule has 2 rings (SSSR count). The average Bonchev–Trinajstić information content (AvgIpc) is 2.67. The van der Waals surface area contributed by atoms with E-state index in [1.54, 1.807) is 42.7 Å². The van der Waals surface area contributed by atoms with E-state index in [0.717, 1.165) is 16.7 Å². The molecule has 0 bridgehead atoms. The molecule has 0 atom stereocenters. The van der Waals surface area contributed by atoms with Gasteiger partial charge in [0.05, 0.1) is 42.7 Å². The summed E-state index contributed by atoms with van der Waals surface area (Å²) in [6.45, 7) is 2.01. The predicted molar refractivity (Wildman–Crippen MR) is 99.7 cm³/mol. The lowest BCUT2D eigenvalue weighted by Crippen LogP contribution is -2.03. The van der Waals surface area contributed by atoms with Crippen LogP contribution < -0.4 is 28.4 Å². The maximum absolute atomic E-state index is 5.63. The van der Waals surface area contributed by atoms with Crippen molar-refractivity contribution in [1.29, 1.82) is 0 Å². The molecule has 0 spiro atoms. The van der Waals surface area contributed by atoms with Crippen LogP contribution in [0.4, 0.5) is 0 Å². The van der Waals surface area contributed by atoms with Gasteiger partial charge in [-0.25, -0.2) is 0 Å². The predicted octanol–water partition coefficient (Wildman–Crippen LogP) is 3.64. The Morgan fingerprint density at radius 3 is 1.46 bits per heavy atom. The normalized spacial score (nSPS) is 10.3. The first-order valence-electron chi connectivity index (χ1n) is 8.11. The lowest BCUT2D eigenvalue weighted by Gasteiger charge is -2.19. The molecule has 0 aliphatic heterocycles. The molecule has 0 amide bonds. The van der Waals surface area contributed by atoms with Gasteiger partial charge >= 0.3 is 0 Å². The molecule has 6 heteroatoms. The second-order valence-corrected chi connectivity index (χ2v) is 5.65. The first-order valence-corrected chi connectivity index (χ1v) is 8.11. The van der Waals surface area contributed by atoms with Crippen LogP contribution in [0.25, 0.3) is 0 Å². The van der Waals surface area contributed by atoms with Crippen molar-refractivity contribution in [1.82, 2.24) is 0 Å². The van der Waals surface area contributed by atoms with Crippen molar-refractivity contribution in [3.05, 3.63) is 34.9 Å². The van der Waals surface area contributed by atoms with Gasteiger partial charge in [0.25, 0.3) is 0 Å². The highest BCUT2D eigenvalue weighted by atomic mass is 16.5. The van der Waals surface area contributed by atoms with Crippen molar-refractivity contribution in [2.45, 2.75) is 13.3 Å². The zero-order chi connectivity index (χ0) is 19.3. The molecule has 0 saturated carbocycles. The first-order chi connectivity index (χ1) is 12.5. The number of ether oxygens (including phenoxy) is 6. The topological polar surface area (TPSA) is 55.4 Å². The number of methoxy groups -OCH3 is 6.